The third-order valence-electron chi connectivity index (χ3n) is 3.94. The minimum absolute atomic E-state index is 0.0433. The Hall–Kier alpha value is -3.82. The van der Waals surface area contributed by atoms with E-state index < -0.39 is 45.3 Å². The van der Waals surface area contributed by atoms with E-state index in [0.29, 0.717) is 10.5 Å². The Kier molecular flexibility index (Phi) is 6.28. The molecule has 0 aliphatic rings. The highest BCUT2D eigenvalue weighted by molar-refractivity contribution is 7.80. The molecule has 0 saturated carbocycles. The van der Waals surface area contributed by atoms with Gasteiger partial charge in [-0.05, 0) is 36.4 Å². The summed E-state index contributed by atoms with van der Waals surface area (Å²) in [5.41, 5.74) is -1.23. The highest BCUT2D eigenvalue weighted by atomic mass is 32.1. The number of rotatable bonds is 1. The minimum atomic E-state index is -2.30. The lowest BCUT2D eigenvalue weighted by Crippen LogP contribution is -2.04. The average molecular weight is 445 g/mol. The maximum absolute atomic E-state index is 13.7. The maximum Gasteiger partial charge on any atom is 0.286 e. The fraction of sp³-hybridized carbons (Fsp3) is 0. The Labute approximate surface area is 178 Å². The quantitative estimate of drug-likeness (QED) is 0.104. The Morgan fingerprint density at radius 1 is 0.710 bits per heavy atom. The molecular formula is C22H8F5NO2S. The van der Waals surface area contributed by atoms with Gasteiger partial charge in [-0.3, -0.25) is 10.1 Å². The van der Waals surface area contributed by atoms with Crippen molar-refractivity contribution in [2.75, 3.05) is 0 Å². The molecule has 3 aromatic rings. The zero-order valence-corrected chi connectivity index (χ0v) is 16.0. The van der Waals surface area contributed by atoms with Crippen molar-refractivity contribution in [2.45, 2.75) is 4.90 Å². The Morgan fingerprint density at radius 2 is 1.23 bits per heavy atom. The summed E-state index contributed by atoms with van der Waals surface area (Å²) in [7, 11) is 0. The van der Waals surface area contributed by atoms with E-state index in [9.17, 15) is 32.1 Å². The number of benzene rings is 3. The lowest BCUT2D eigenvalue weighted by atomic mass is 10.1. The van der Waals surface area contributed by atoms with Crippen molar-refractivity contribution in [2.24, 2.45) is 0 Å². The van der Waals surface area contributed by atoms with Gasteiger partial charge in [-0.2, -0.15) is 0 Å². The van der Waals surface area contributed by atoms with Crippen molar-refractivity contribution >= 4 is 18.3 Å². The van der Waals surface area contributed by atoms with Gasteiger partial charge in [0.05, 0.1) is 4.92 Å². The highest BCUT2D eigenvalue weighted by Gasteiger charge is 2.24. The Morgan fingerprint density at radius 3 is 1.81 bits per heavy atom. The van der Waals surface area contributed by atoms with Crippen LogP contribution in [0.2, 0.25) is 0 Å². The van der Waals surface area contributed by atoms with Crippen LogP contribution < -0.4 is 0 Å². The third-order valence-corrected chi connectivity index (χ3v) is 4.24. The van der Waals surface area contributed by atoms with Gasteiger partial charge < -0.3 is 0 Å². The monoisotopic (exact) mass is 445 g/mol. The van der Waals surface area contributed by atoms with Gasteiger partial charge in [0.15, 0.2) is 23.3 Å². The summed E-state index contributed by atoms with van der Waals surface area (Å²) in [5.74, 6) is -1.34. The first-order chi connectivity index (χ1) is 14.7. The molecule has 31 heavy (non-hydrogen) atoms. The van der Waals surface area contributed by atoms with E-state index in [0.717, 1.165) is 6.07 Å². The largest absolute Gasteiger partial charge is 0.286 e. The second-order valence-corrected chi connectivity index (χ2v) is 6.50. The van der Waals surface area contributed by atoms with Crippen LogP contribution in [0.5, 0.6) is 0 Å². The standard InChI is InChI=1S/C22H8F5NO2S/c23-18-16(19(24)21(26)22(27)20(18)25)10-5-13-2-7-14(17(11-13)28(29)30)6-1-12-3-8-15(31)9-4-12/h2-4,7-9,11,31H. The zero-order valence-electron chi connectivity index (χ0n) is 15.1. The van der Waals surface area contributed by atoms with Crippen LogP contribution in [0.1, 0.15) is 22.3 Å². The molecular weight excluding hydrogens is 437 g/mol. The van der Waals surface area contributed by atoms with E-state index in [1.54, 1.807) is 24.3 Å². The van der Waals surface area contributed by atoms with Gasteiger partial charge in [0, 0.05) is 22.1 Å². The smallest absolute Gasteiger partial charge is 0.258 e. The van der Waals surface area contributed by atoms with Gasteiger partial charge >= 0.3 is 0 Å². The SMILES string of the molecule is O=[N+]([O-])c1cc(C#Cc2c(F)c(F)c(F)c(F)c2F)ccc1C#Cc1ccc(S)cc1. The molecule has 9 heteroatoms. The molecule has 0 N–H and O–H groups in total. The van der Waals surface area contributed by atoms with Crippen LogP contribution in [0.3, 0.4) is 0 Å². The first-order valence-corrected chi connectivity index (χ1v) is 8.76. The second kappa shape index (κ2) is 8.90. The summed E-state index contributed by atoms with van der Waals surface area (Å²) in [4.78, 5) is 11.3. The van der Waals surface area contributed by atoms with Crippen LogP contribution >= 0.6 is 12.6 Å². The second-order valence-electron chi connectivity index (χ2n) is 5.98. The van der Waals surface area contributed by atoms with Gasteiger partial charge in [-0.25, -0.2) is 22.0 Å². The van der Waals surface area contributed by atoms with Gasteiger partial charge in [0.1, 0.15) is 11.1 Å². The summed E-state index contributed by atoms with van der Waals surface area (Å²) in [6.45, 7) is 0. The molecule has 0 atom stereocenters. The molecule has 0 unspecified atom stereocenters. The molecule has 0 amide bonds. The lowest BCUT2D eigenvalue weighted by molar-refractivity contribution is -0.385. The van der Waals surface area contributed by atoms with Gasteiger partial charge in [0.25, 0.3) is 5.69 Å². The summed E-state index contributed by atoms with van der Waals surface area (Å²) >= 11 is 4.14. The number of hydrogen-bond donors (Lipinski definition) is 1. The zero-order chi connectivity index (χ0) is 22.7. The van der Waals surface area contributed by atoms with E-state index in [1.165, 1.54) is 12.1 Å². The van der Waals surface area contributed by atoms with Crippen molar-refractivity contribution in [1.82, 2.24) is 0 Å². The Balaban J connectivity index is 2.01. The third kappa shape index (κ3) is 4.68. The molecule has 0 fully saturated rings. The molecule has 154 valence electrons. The molecule has 3 nitrogen and oxygen atoms in total. The van der Waals surface area contributed by atoms with E-state index in [-0.39, 0.29) is 11.1 Å². The highest BCUT2D eigenvalue weighted by Crippen LogP contribution is 2.23. The first kappa shape index (κ1) is 21.9. The number of nitro groups is 1. The fourth-order valence-corrected chi connectivity index (χ4v) is 2.55. The summed E-state index contributed by atoms with van der Waals surface area (Å²) in [5, 5.41) is 11.4. The van der Waals surface area contributed by atoms with Crippen molar-refractivity contribution in [1.29, 1.82) is 0 Å². The van der Waals surface area contributed by atoms with Gasteiger partial charge in [-0.1, -0.05) is 23.7 Å². The van der Waals surface area contributed by atoms with Crippen molar-refractivity contribution in [3.8, 4) is 23.7 Å². The summed E-state index contributed by atoms with van der Waals surface area (Å²) in [6.07, 6.45) is 0. The molecule has 0 spiro atoms. The molecule has 0 aliphatic carbocycles. The maximum atomic E-state index is 13.7. The van der Waals surface area contributed by atoms with Crippen molar-refractivity contribution in [3.05, 3.63) is 104 Å². The molecule has 3 aromatic carbocycles. The van der Waals surface area contributed by atoms with Crippen LogP contribution in [-0.4, -0.2) is 4.92 Å². The predicted octanol–water partition coefficient (Wildman–Crippen LogP) is 5.38. The number of thiol groups is 1. The molecule has 0 heterocycles. The van der Waals surface area contributed by atoms with E-state index in [1.807, 2.05) is 5.92 Å². The van der Waals surface area contributed by atoms with Crippen LogP contribution in [-0.2, 0) is 0 Å². The number of nitro benzene ring substituents is 1. The molecule has 0 aromatic heterocycles. The number of halogens is 5. The van der Waals surface area contributed by atoms with E-state index >= 15 is 0 Å². The molecule has 0 bridgehead atoms. The molecule has 3 rings (SSSR count). The van der Waals surface area contributed by atoms with Gasteiger partial charge in [-0.15, -0.1) is 12.6 Å². The molecule has 0 aliphatic heterocycles. The fourth-order valence-electron chi connectivity index (χ4n) is 2.40. The van der Waals surface area contributed by atoms with Crippen LogP contribution in [0.15, 0.2) is 47.4 Å². The van der Waals surface area contributed by atoms with Crippen LogP contribution in [0.25, 0.3) is 0 Å². The van der Waals surface area contributed by atoms with E-state index in [2.05, 4.69) is 30.4 Å². The molecule has 0 radical (unpaired) electrons. The normalized spacial score (nSPS) is 10.0. The van der Waals surface area contributed by atoms with Gasteiger partial charge in [0.2, 0.25) is 5.82 Å². The Bertz CT molecular complexity index is 1300. The topological polar surface area (TPSA) is 43.1 Å². The van der Waals surface area contributed by atoms with Crippen LogP contribution in [0, 0.1) is 62.9 Å². The molecule has 0 saturated heterocycles. The lowest BCUT2D eigenvalue weighted by Gasteiger charge is -2.02. The number of hydrogen-bond acceptors (Lipinski definition) is 3. The van der Waals surface area contributed by atoms with Crippen molar-refractivity contribution < 1.29 is 26.9 Å². The number of nitrogens with zero attached hydrogens (tertiary/aromatic N) is 1. The first-order valence-electron chi connectivity index (χ1n) is 8.32. The van der Waals surface area contributed by atoms with E-state index in [4.69, 9.17) is 0 Å². The van der Waals surface area contributed by atoms with Crippen molar-refractivity contribution in [3.63, 3.8) is 0 Å². The summed E-state index contributed by atoms with van der Waals surface area (Å²) in [6, 6.07) is 10.3. The predicted molar refractivity (Wildman–Crippen MR) is 105 cm³/mol. The minimum Gasteiger partial charge on any atom is -0.258 e. The average Bonchev–Trinajstić information content (AvgIpc) is 2.76. The summed E-state index contributed by atoms with van der Waals surface area (Å²) < 4.78 is 67.0. The van der Waals surface area contributed by atoms with Crippen LogP contribution in [0.4, 0.5) is 27.6 Å².